The first-order valence-corrected chi connectivity index (χ1v) is 5.24. The average Bonchev–Trinajstić information content (AvgIpc) is 2.06. The molecule has 0 aliphatic heterocycles. The maximum atomic E-state index is 5.63. The Kier molecular flexibility index (Phi) is 6.90. The van der Waals surface area contributed by atoms with Crippen LogP contribution in [0.1, 0.15) is 34.1 Å². The van der Waals surface area contributed by atoms with Gasteiger partial charge in [0.15, 0.2) is 0 Å². The Morgan fingerprint density at radius 3 is 2.08 bits per heavy atom. The molecule has 12 heavy (non-hydrogen) atoms. The van der Waals surface area contributed by atoms with Crippen molar-refractivity contribution in [2.75, 3.05) is 13.1 Å². The molecule has 0 fully saturated rings. The summed E-state index contributed by atoms with van der Waals surface area (Å²) in [6.07, 6.45) is 1.14. The summed E-state index contributed by atoms with van der Waals surface area (Å²) in [4.78, 5) is 2.26. The molecular weight excluding hydrogens is 170 g/mol. The van der Waals surface area contributed by atoms with Crippen molar-refractivity contribution in [3.8, 4) is 0 Å². The molecule has 2 atom stereocenters. The van der Waals surface area contributed by atoms with Gasteiger partial charge in [0.25, 0.3) is 0 Å². The number of rotatable bonds is 6. The highest BCUT2D eigenvalue weighted by Crippen LogP contribution is 2.09. The van der Waals surface area contributed by atoms with E-state index in [1.54, 1.807) is 0 Å². The summed E-state index contributed by atoms with van der Waals surface area (Å²) in [5, 5.41) is 0. The van der Waals surface area contributed by atoms with Gasteiger partial charge in [-0.25, -0.2) is 0 Å². The normalized spacial score (nSPS) is 16.5. The van der Waals surface area contributed by atoms with Crippen LogP contribution in [0.2, 0.25) is 0 Å². The maximum Gasteiger partial charge on any atom is 0.109 e. The molecule has 2 nitrogen and oxygen atoms in total. The van der Waals surface area contributed by atoms with Crippen LogP contribution in [0.4, 0.5) is 0 Å². The van der Waals surface area contributed by atoms with Crippen LogP contribution >= 0.6 is 12.6 Å². The van der Waals surface area contributed by atoms with E-state index < -0.39 is 0 Å². The lowest BCUT2D eigenvalue weighted by atomic mass is 10.4. The zero-order valence-corrected chi connectivity index (χ0v) is 9.47. The van der Waals surface area contributed by atoms with Crippen molar-refractivity contribution in [2.45, 2.75) is 45.8 Å². The highest BCUT2D eigenvalue weighted by Gasteiger charge is 2.12. The Morgan fingerprint density at radius 2 is 1.75 bits per heavy atom. The molecule has 0 bridgehead atoms. The van der Waals surface area contributed by atoms with Crippen molar-refractivity contribution >= 4 is 12.6 Å². The number of hydrogen-bond acceptors (Lipinski definition) is 3. The molecule has 3 heteroatoms. The molecule has 0 heterocycles. The summed E-state index contributed by atoms with van der Waals surface area (Å²) in [6, 6.07) is 0. The third-order valence-electron chi connectivity index (χ3n) is 2.03. The number of ether oxygens (including phenoxy) is 1. The molecule has 0 aliphatic rings. The molecule has 0 spiro atoms. The minimum atomic E-state index is 0.0700. The lowest BCUT2D eigenvalue weighted by molar-refractivity contribution is -0.0547. The van der Waals surface area contributed by atoms with Crippen molar-refractivity contribution in [3.63, 3.8) is 0 Å². The fourth-order valence-electron chi connectivity index (χ4n) is 1.15. The van der Waals surface area contributed by atoms with Crippen LogP contribution in [-0.4, -0.2) is 29.7 Å². The first-order valence-electron chi connectivity index (χ1n) is 4.73. The van der Waals surface area contributed by atoms with Crippen LogP contribution in [0.15, 0.2) is 0 Å². The first-order chi connectivity index (χ1) is 5.65. The molecule has 74 valence electrons. The van der Waals surface area contributed by atoms with E-state index in [4.69, 9.17) is 4.74 Å². The second-order valence-corrected chi connectivity index (χ2v) is 3.40. The number of thiol groups is 1. The van der Waals surface area contributed by atoms with E-state index in [0.717, 1.165) is 19.5 Å². The van der Waals surface area contributed by atoms with E-state index in [0.29, 0.717) is 0 Å². The van der Waals surface area contributed by atoms with E-state index in [1.165, 1.54) is 0 Å². The van der Waals surface area contributed by atoms with E-state index in [9.17, 15) is 0 Å². The van der Waals surface area contributed by atoms with Gasteiger partial charge < -0.3 is 4.74 Å². The van der Waals surface area contributed by atoms with Crippen LogP contribution in [0.25, 0.3) is 0 Å². The molecule has 0 aromatic carbocycles. The molecule has 0 amide bonds. The lowest BCUT2D eigenvalue weighted by Gasteiger charge is -2.28. The summed E-state index contributed by atoms with van der Waals surface area (Å²) in [6.45, 7) is 10.5. The fourth-order valence-corrected chi connectivity index (χ4v) is 1.32. The topological polar surface area (TPSA) is 12.5 Å². The predicted molar refractivity (Wildman–Crippen MR) is 56.5 cm³/mol. The minimum absolute atomic E-state index is 0.0700. The highest BCUT2D eigenvalue weighted by molar-refractivity contribution is 7.80. The van der Waals surface area contributed by atoms with E-state index >= 15 is 0 Å². The van der Waals surface area contributed by atoms with Gasteiger partial charge in [0.2, 0.25) is 0 Å². The molecule has 0 saturated heterocycles. The monoisotopic (exact) mass is 191 g/mol. The van der Waals surface area contributed by atoms with Crippen molar-refractivity contribution in [2.24, 2.45) is 0 Å². The average molecular weight is 191 g/mol. The Labute approximate surface area is 81.7 Å². The zero-order valence-electron chi connectivity index (χ0n) is 8.58. The largest absolute Gasteiger partial charge is 0.350 e. The number of hydrogen-bond donors (Lipinski definition) is 1. The second kappa shape index (κ2) is 6.75. The zero-order chi connectivity index (χ0) is 9.56. The standard InChI is InChI=1S/C9H21NOS/c1-5-9(12)11-8(4)10(6-2)7-3/h8-9,12H,5-7H2,1-4H3. The molecule has 0 aromatic heterocycles. The molecule has 0 rings (SSSR count). The molecule has 0 radical (unpaired) electrons. The second-order valence-electron chi connectivity index (χ2n) is 2.82. The van der Waals surface area contributed by atoms with Crippen molar-refractivity contribution in [1.82, 2.24) is 4.90 Å². The van der Waals surface area contributed by atoms with Crippen LogP contribution in [-0.2, 0) is 4.74 Å². The van der Waals surface area contributed by atoms with Gasteiger partial charge in [-0.15, -0.1) is 12.6 Å². The molecular formula is C9H21NOS. The minimum Gasteiger partial charge on any atom is -0.350 e. The van der Waals surface area contributed by atoms with Crippen molar-refractivity contribution in [3.05, 3.63) is 0 Å². The lowest BCUT2D eigenvalue weighted by Crippen LogP contribution is -2.36. The van der Waals surface area contributed by atoms with Gasteiger partial charge in [-0.1, -0.05) is 20.8 Å². The third kappa shape index (κ3) is 4.33. The van der Waals surface area contributed by atoms with E-state index in [1.807, 2.05) is 0 Å². The van der Waals surface area contributed by atoms with Crippen molar-refractivity contribution < 1.29 is 4.74 Å². The smallest absolute Gasteiger partial charge is 0.109 e. The van der Waals surface area contributed by atoms with Gasteiger partial charge in [0.05, 0.1) is 0 Å². The van der Waals surface area contributed by atoms with Crippen LogP contribution in [0.3, 0.4) is 0 Å². The fraction of sp³-hybridized carbons (Fsp3) is 1.00. The Hall–Kier alpha value is 0.270. The summed E-state index contributed by atoms with van der Waals surface area (Å²) in [7, 11) is 0. The summed E-state index contributed by atoms with van der Waals surface area (Å²) in [5.74, 6) is 0. The molecule has 0 aliphatic carbocycles. The summed E-state index contributed by atoms with van der Waals surface area (Å²) in [5.41, 5.74) is 0.0700. The molecule has 2 unspecified atom stereocenters. The SMILES string of the molecule is CCC(S)OC(C)N(CC)CC. The van der Waals surface area contributed by atoms with Crippen molar-refractivity contribution in [1.29, 1.82) is 0 Å². The van der Waals surface area contributed by atoms with Gasteiger partial charge in [0.1, 0.15) is 11.7 Å². The van der Waals surface area contributed by atoms with Crippen LogP contribution in [0, 0.1) is 0 Å². The Bertz CT molecular complexity index is 107. The van der Waals surface area contributed by atoms with Gasteiger partial charge >= 0.3 is 0 Å². The quantitative estimate of drug-likeness (QED) is 0.511. The summed E-state index contributed by atoms with van der Waals surface area (Å²) >= 11 is 4.29. The Balaban J connectivity index is 3.75. The van der Waals surface area contributed by atoms with Gasteiger partial charge in [-0.2, -0.15) is 0 Å². The molecule has 0 saturated carbocycles. The van der Waals surface area contributed by atoms with Gasteiger partial charge in [-0.3, -0.25) is 4.90 Å². The predicted octanol–water partition coefficient (Wildman–Crippen LogP) is 2.36. The van der Waals surface area contributed by atoms with Gasteiger partial charge in [-0.05, 0) is 26.4 Å². The third-order valence-corrected chi connectivity index (χ3v) is 2.52. The van der Waals surface area contributed by atoms with Crippen LogP contribution in [0.5, 0.6) is 0 Å². The molecule has 0 aromatic rings. The van der Waals surface area contributed by atoms with E-state index in [2.05, 4.69) is 45.2 Å². The van der Waals surface area contributed by atoms with E-state index in [-0.39, 0.29) is 11.7 Å². The maximum absolute atomic E-state index is 5.63. The summed E-state index contributed by atoms with van der Waals surface area (Å²) < 4.78 is 5.63. The van der Waals surface area contributed by atoms with Gasteiger partial charge in [0, 0.05) is 0 Å². The number of nitrogens with zero attached hydrogens (tertiary/aromatic N) is 1. The first kappa shape index (κ1) is 12.3. The molecule has 0 N–H and O–H groups in total. The highest BCUT2D eigenvalue weighted by atomic mass is 32.1. The Morgan fingerprint density at radius 1 is 1.25 bits per heavy atom. The van der Waals surface area contributed by atoms with Crippen LogP contribution < -0.4 is 0 Å².